The first-order valence-electron chi connectivity index (χ1n) is 15.1. The number of rotatable bonds is 8. The Labute approximate surface area is 266 Å². The summed E-state index contributed by atoms with van der Waals surface area (Å²) in [6.45, 7) is -0.132. The number of alkyl halides is 3. The summed E-state index contributed by atoms with van der Waals surface area (Å²) in [6.07, 6.45) is -4.31. The molecular formula is C34H32F4N4O5. The maximum absolute atomic E-state index is 15.0. The van der Waals surface area contributed by atoms with Gasteiger partial charge in [0, 0.05) is 31.2 Å². The van der Waals surface area contributed by atoms with Crippen molar-refractivity contribution >= 4 is 5.97 Å². The molecule has 2 aliphatic heterocycles. The van der Waals surface area contributed by atoms with Crippen LogP contribution in [0.3, 0.4) is 0 Å². The third kappa shape index (κ3) is 6.13. The Morgan fingerprint density at radius 3 is 2.30 bits per heavy atom. The van der Waals surface area contributed by atoms with Gasteiger partial charge in [-0.2, -0.15) is 13.2 Å². The number of carboxylic acid groups (broad SMARTS) is 1. The molecule has 4 aromatic rings. The van der Waals surface area contributed by atoms with Gasteiger partial charge in [-0.05, 0) is 42.2 Å². The van der Waals surface area contributed by atoms with E-state index in [-0.39, 0.29) is 30.0 Å². The summed E-state index contributed by atoms with van der Waals surface area (Å²) in [6, 6.07) is 17.2. The van der Waals surface area contributed by atoms with E-state index >= 15 is 4.39 Å². The van der Waals surface area contributed by atoms with Gasteiger partial charge in [-0.15, -0.1) is 0 Å². The van der Waals surface area contributed by atoms with E-state index in [0.717, 1.165) is 27.3 Å². The standard InChI is InChI=1S/C34H32F4N4O5/c35-26-12-6-11-25(34(36,37)38)24(26)18-41-28-20-47-33(13-15-40(16-14-33)17-22-9-4-5-10-23(22)31(44)45)29(28)30(43)42(32(41)46)19-27(39)21-7-2-1-3-8-21/h1-12,27H,13-20,39H2,(H,44,45). The number of ether oxygens (including phenoxy) is 1. The summed E-state index contributed by atoms with van der Waals surface area (Å²) < 4.78 is 65.1. The number of likely N-dealkylation sites (tertiary alicyclic amines) is 1. The highest BCUT2D eigenvalue weighted by atomic mass is 19.4. The van der Waals surface area contributed by atoms with E-state index in [0.29, 0.717) is 43.6 Å². The van der Waals surface area contributed by atoms with Gasteiger partial charge in [-0.1, -0.05) is 54.6 Å². The summed E-state index contributed by atoms with van der Waals surface area (Å²) in [5.41, 5.74) is 3.43. The molecular weight excluding hydrogens is 620 g/mol. The largest absolute Gasteiger partial charge is 0.478 e. The SMILES string of the molecule is NC(Cn1c(=O)c2c(n(Cc3c(F)cccc3C(F)(F)F)c1=O)COC21CCN(Cc2ccccc2C(=O)O)CC1)c1ccccc1. The Hall–Kier alpha value is -4.59. The summed E-state index contributed by atoms with van der Waals surface area (Å²) in [7, 11) is 0. The molecule has 1 saturated heterocycles. The van der Waals surface area contributed by atoms with Crippen LogP contribution in [0, 0.1) is 5.82 Å². The topological polar surface area (TPSA) is 120 Å². The highest BCUT2D eigenvalue weighted by Gasteiger charge is 2.47. The van der Waals surface area contributed by atoms with Crippen LogP contribution in [0.4, 0.5) is 17.6 Å². The first-order valence-corrected chi connectivity index (χ1v) is 15.1. The van der Waals surface area contributed by atoms with E-state index in [4.69, 9.17) is 10.5 Å². The van der Waals surface area contributed by atoms with Crippen LogP contribution in [0.5, 0.6) is 0 Å². The Morgan fingerprint density at radius 2 is 1.62 bits per heavy atom. The van der Waals surface area contributed by atoms with Crippen LogP contribution in [0.1, 0.15) is 62.8 Å². The lowest BCUT2D eigenvalue weighted by molar-refractivity contribution is -0.138. The zero-order valence-electron chi connectivity index (χ0n) is 25.2. The molecule has 2 aliphatic rings. The van der Waals surface area contributed by atoms with Gasteiger partial charge in [0.15, 0.2) is 0 Å². The van der Waals surface area contributed by atoms with Crippen molar-refractivity contribution in [3.63, 3.8) is 0 Å². The van der Waals surface area contributed by atoms with Crippen molar-refractivity contribution in [3.8, 4) is 0 Å². The lowest BCUT2D eigenvalue weighted by atomic mass is 9.85. The molecule has 1 unspecified atom stereocenters. The fourth-order valence-corrected chi connectivity index (χ4v) is 6.67. The summed E-state index contributed by atoms with van der Waals surface area (Å²) in [5.74, 6) is -2.18. The Bertz CT molecular complexity index is 1930. The van der Waals surface area contributed by atoms with Gasteiger partial charge >= 0.3 is 17.8 Å². The maximum atomic E-state index is 15.0. The molecule has 0 aliphatic carbocycles. The molecule has 13 heteroatoms. The number of nitrogens with zero attached hydrogens (tertiary/aromatic N) is 3. The third-order valence-electron chi connectivity index (χ3n) is 9.13. The second kappa shape index (κ2) is 12.5. The van der Waals surface area contributed by atoms with Gasteiger partial charge in [-0.25, -0.2) is 14.0 Å². The summed E-state index contributed by atoms with van der Waals surface area (Å²) in [5, 5.41) is 9.60. The van der Waals surface area contributed by atoms with Gasteiger partial charge in [0.25, 0.3) is 5.56 Å². The molecule has 3 heterocycles. The molecule has 246 valence electrons. The summed E-state index contributed by atoms with van der Waals surface area (Å²) >= 11 is 0. The van der Waals surface area contributed by atoms with Crippen LogP contribution in [-0.2, 0) is 42.8 Å². The van der Waals surface area contributed by atoms with Crippen LogP contribution in [-0.4, -0.2) is 38.2 Å². The van der Waals surface area contributed by atoms with Gasteiger partial charge in [-0.3, -0.25) is 18.8 Å². The highest BCUT2D eigenvalue weighted by Crippen LogP contribution is 2.43. The van der Waals surface area contributed by atoms with E-state index in [1.54, 1.807) is 48.5 Å². The molecule has 0 saturated carbocycles. The smallest absolute Gasteiger partial charge is 0.416 e. The predicted octanol–water partition coefficient (Wildman–Crippen LogP) is 4.64. The van der Waals surface area contributed by atoms with Crippen molar-refractivity contribution in [2.75, 3.05) is 13.1 Å². The van der Waals surface area contributed by atoms with Crippen LogP contribution in [0.25, 0.3) is 0 Å². The molecule has 0 amide bonds. The minimum absolute atomic E-state index is 0.102. The molecule has 1 atom stereocenters. The number of aromatic nitrogens is 2. The van der Waals surface area contributed by atoms with Crippen molar-refractivity contribution in [1.29, 1.82) is 0 Å². The van der Waals surface area contributed by atoms with Crippen molar-refractivity contribution in [3.05, 3.63) is 139 Å². The van der Waals surface area contributed by atoms with Crippen molar-refractivity contribution < 1.29 is 32.2 Å². The lowest BCUT2D eigenvalue weighted by Gasteiger charge is -2.39. The van der Waals surface area contributed by atoms with Gasteiger partial charge in [0.05, 0.1) is 42.1 Å². The summed E-state index contributed by atoms with van der Waals surface area (Å²) in [4.78, 5) is 41.9. The van der Waals surface area contributed by atoms with Gasteiger partial charge in [0.1, 0.15) is 11.4 Å². The lowest BCUT2D eigenvalue weighted by Crippen LogP contribution is -2.49. The van der Waals surface area contributed by atoms with Crippen molar-refractivity contribution in [1.82, 2.24) is 14.0 Å². The molecule has 0 bridgehead atoms. The second-order valence-corrected chi connectivity index (χ2v) is 11.9. The molecule has 6 rings (SSSR count). The second-order valence-electron chi connectivity index (χ2n) is 11.9. The first kappa shape index (κ1) is 32.4. The number of benzene rings is 3. The fraction of sp³-hybridized carbons (Fsp3) is 0.324. The predicted molar refractivity (Wildman–Crippen MR) is 163 cm³/mol. The normalized spacial score (nSPS) is 16.7. The van der Waals surface area contributed by atoms with E-state index in [9.17, 15) is 32.7 Å². The number of carbonyl (C=O) groups is 1. The van der Waals surface area contributed by atoms with Crippen LogP contribution in [0.15, 0.2) is 82.4 Å². The van der Waals surface area contributed by atoms with E-state index < -0.39 is 58.5 Å². The zero-order chi connectivity index (χ0) is 33.5. The molecule has 9 nitrogen and oxygen atoms in total. The number of hydrogen-bond donors (Lipinski definition) is 2. The average molecular weight is 653 g/mol. The number of halogens is 4. The number of nitrogens with two attached hydrogens (primary N) is 1. The molecule has 3 aromatic carbocycles. The maximum Gasteiger partial charge on any atom is 0.416 e. The molecule has 47 heavy (non-hydrogen) atoms. The Morgan fingerprint density at radius 1 is 0.936 bits per heavy atom. The van der Waals surface area contributed by atoms with Crippen LogP contribution < -0.4 is 17.0 Å². The monoisotopic (exact) mass is 652 g/mol. The number of hydrogen-bond acceptors (Lipinski definition) is 6. The minimum atomic E-state index is -4.89. The third-order valence-corrected chi connectivity index (χ3v) is 9.13. The number of carboxylic acids is 1. The molecule has 1 fully saturated rings. The fourth-order valence-electron chi connectivity index (χ4n) is 6.67. The van der Waals surface area contributed by atoms with Gasteiger partial charge < -0.3 is 15.6 Å². The Balaban J connectivity index is 1.41. The molecule has 1 aromatic heterocycles. The van der Waals surface area contributed by atoms with E-state index in [1.165, 1.54) is 6.07 Å². The van der Waals surface area contributed by atoms with E-state index in [2.05, 4.69) is 0 Å². The average Bonchev–Trinajstić information content (AvgIpc) is 3.41. The molecule has 1 spiro atoms. The van der Waals surface area contributed by atoms with Crippen molar-refractivity contribution in [2.24, 2.45) is 5.73 Å². The highest BCUT2D eigenvalue weighted by molar-refractivity contribution is 5.89. The van der Waals surface area contributed by atoms with Crippen LogP contribution in [0.2, 0.25) is 0 Å². The quantitative estimate of drug-likeness (QED) is 0.267. The first-order chi connectivity index (χ1) is 22.4. The number of aromatic carboxylic acids is 1. The minimum Gasteiger partial charge on any atom is -0.478 e. The number of fused-ring (bicyclic) bond motifs is 2. The van der Waals surface area contributed by atoms with Gasteiger partial charge in [0.2, 0.25) is 0 Å². The molecule has 0 radical (unpaired) electrons. The Kier molecular flexibility index (Phi) is 8.64. The van der Waals surface area contributed by atoms with E-state index in [1.807, 2.05) is 4.90 Å². The van der Waals surface area contributed by atoms with Crippen LogP contribution >= 0.6 is 0 Å². The zero-order valence-corrected chi connectivity index (χ0v) is 25.2. The van der Waals surface area contributed by atoms with Crippen molar-refractivity contribution in [2.45, 2.75) is 56.9 Å². The number of piperidine rings is 1. The molecule has 3 N–H and O–H groups in total.